The van der Waals surface area contributed by atoms with Crippen molar-refractivity contribution in [1.29, 1.82) is 0 Å². The molecular formula is C22H23N3O4S. The third-order valence-corrected chi connectivity index (χ3v) is 6.82. The van der Waals surface area contributed by atoms with Crippen molar-refractivity contribution in [2.24, 2.45) is 13.0 Å². The highest BCUT2D eigenvalue weighted by Gasteiger charge is 2.31. The summed E-state index contributed by atoms with van der Waals surface area (Å²) in [6, 6.07) is 3.26. The van der Waals surface area contributed by atoms with Crippen molar-refractivity contribution in [3.8, 4) is 0 Å². The van der Waals surface area contributed by atoms with Crippen molar-refractivity contribution in [2.75, 3.05) is 5.32 Å². The van der Waals surface area contributed by atoms with Gasteiger partial charge in [0.05, 0.1) is 23.1 Å². The van der Waals surface area contributed by atoms with Crippen LogP contribution < -0.4 is 5.32 Å². The maximum absolute atomic E-state index is 13.1. The van der Waals surface area contributed by atoms with E-state index in [2.05, 4.69) is 17.3 Å². The molecule has 0 unspecified atom stereocenters. The molecular weight excluding hydrogens is 402 g/mol. The Bertz CT molecular complexity index is 1150. The lowest BCUT2D eigenvalue weighted by atomic mass is 9.87. The lowest BCUT2D eigenvalue weighted by Crippen LogP contribution is -2.24. The number of rotatable bonds is 5. The van der Waals surface area contributed by atoms with Gasteiger partial charge in [-0.15, -0.1) is 11.3 Å². The molecule has 0 aliphatic heterocycles. The van der Waals surface area contributed by atoms with E-state index in [0.717, 1.165) is 29.7 Å². The minimum atomic E-state index is -0.769. The number of fused-ring (bicyclic) bond motifs is 1. The molecule has 0 aromatic carbocycles. The van der Waals surface area contributed by atoms with Crippen LogP contribution in [-0.2, 0) is 24.7 Å². The summed E-state index contributed by atoms with van der Waals surface area (Å²) in [4.78, 5) is 39.9. The predicted molar refractivity (Wildman–Crippen MR) is 113 cm³/mol. The zero-order chi connectivity index (χ0) is 21.6. The maximum atomic E-state index is 13.1. The van der Waals surface area contributed by atoms with Crippen LogP contribution in [0.2, 0.25) is 0 Å². The van der Waals surface area contributed by atoms with Gasteiger partial charge in [0.25, 0.3) is 11.7 Å². The Hall–Kier alpha value is -3.00. The Morgan fingerprint density at radius 2 is 2.03 bits per heavy atom. The summed E-state index contributed by atoms with van der Waals surface area (Å²) in [7, 11) is 1.73. The van der Waals surface area contributed by atoms with Crippen molar-refractivity contribution in [2.45, 2.75) is 40.0 Å². The van der Waals surface area contributed by atoms with Crippen LogP contribution >= 0.6 is 11.3 Å². The van der Waals surface area contributed by atoms with Gasteiger partial charge in [-0.05, 0) is 56.7 Å². The number of nitrogens with one attached hydrogen (secondary N) is 1. The molecule has 3 aromatic rings. The minimum Gasteiger partial charge on any atom is -0.461 e. The monoisotopic (exact) mass is 425 g/mol. The number of carbonyl (C=O) groups excluding carboxylic acids is 3. The van der Waals surface area contributed by atoms with E-state index in [1.165, 1.54) is 17.6 Å². The average Bonchev–Trinajstić information content (AvgIpc) is 3.39. The first-order valence-corrected chi connectivity index (χ1v) is 10.7. The molecule has 1 N–H and O–H groups in total. The van der Waals surface area contributed by atoms with Crippen molar-refractivity contribution >= 4 is 33.8 Å². The number of hydrogen-bond acceptors (Lipinski definition) is 6. The van der Waals surface area contributed by atoms with E-state index in [4.69, 9.17) is 4.42 Å². The molecule has 0 bridgehead atoms. The number of carbonyl (C=O) groups is 3. The van der Waals surface area contributed by atoms with Crippen LogP contribution in [0.4, 0.5) is 5.00 Å². The summed E-state index contributed by atoms with van der Waals surface area (Å²) < 4.78 is 6.88. The highest BCUT2D eigenvalue weighted by atomic mass is 32.1. The summed E-state index contributed by atoms with van der Waals surface area (Å²) >= 11 is 1.38. The number of ketones is 2. The minimum absolute atomic E-state index is 0.218. The molecule has 3 aromatic heterocycles. The fourth-order valence-corrected chi connectivity index (χ4v) is 5.39. The summed E-state index contributed by atoms with van der Waals surface area (Å²) in [6.45, 7) is 5.62. The number of nitrogens with zero attached hydrogens (tertiary/aromatic N) is 2. The van der Waals surface area contributed by atoms with E-state index in [1.54, 1.807) is 37.7 Å². The van der Waals surface area contributed by atoms with Gasteiger partial charge in [0.1, 0.15) is 5.00 Å². The molecule has 0 saturated heterocycles. The van der Waals surface area contributed by atoms with Crippen LogP contribution in [0.25, 0.3) is 0 Å². The van der Waals surface area contributed by atoms with Crippen LogP contribution in [-0.4, -0.2) is 27.3 Å². The van der Waals surface area contributed by atoms with Crippen molar-refractivity contribution in [3.63, 3.8) is 0 Å². The third kappa shape index (κ3) is 3.41. The normalized spacial score (nSPS) is 15.7. The van der Waals surface area contributed by atoms with E-state index >= 15 is 0 Å². The van der Waals surface area contributed by atoms with E-state index < -0.39 is 11.7 Å². The molecule has 1 aliphatic carbocycles. The number of furan rings is 1. The van der Waals surface area contributed by atoms with Gasteiger partial charge in [-0.2, -0.15) is 5.10 Å². The van der Waals surface area contributed by atoms with Gasteiger partial charge in [-0.1, -0.05) is 6.92 Å². The SMILES string of the molecule is Cc1nn(C)c(C)c1C(=O)C(=O)Nc1sc2c(c1C(=O)c1ccco1)CC[C@H](C)C2. The van der Waals surface area contributed by atoms with Crippen LogP contribution in [0.3, 0.4) is 0 Å². The zero-order valence-electron chi connectivity index (χ0n) is 17.4. The molecule has 0 saturated carbocycles. The van der Waals surface area contributed by atoms with Gasteiger partial charge in [0.2, 0.25) is 5.78 Å². The second kappa shape index (κ2) is 7.68. The molecule has 4 rings (SSSR count). The topological polar surface area (TPSA) is 94.2 Å². The average molecular weight is 426 g/mol. The van der Waals surface area contributed by atoms with Crippen LogP contribution in [0.1, 0.15) is 61.6 Å². The molecule has 0 spiro atoms. The molecule has 1 aliphatic rings. The van der Waals surface area contributed by atoms with E-state index in [-0.39, 0.29) is 11.5 Å². The van der Waals surface area contributed by atoms with Gasteiger partial charge in [0, 0.05) is 17.6 Å². The molecule has 0 fully saturated rings. The fraction of sp³-hybridized carbons (Fsp3) is 0.364. The van der Waals surface area contributed by atoms with Crippen LogP contribution in [0.15, 0.2) is 22.8 Å². The third-order valence-electron chi connectivity index (χ3n) is 5.65. The second-order valence-corrected chi connectivity index (χ2v) is 8.92. The first kappa shape index (κ1) is 20.3. The van der Waals surface area contributed by atoms with Crippen LogP contribution in [0.5, 0.6) is 0 Å². The lowest BCUT2D eigenvalue weighted by Gasteiger charge is -2.18. The first-order valence-electron chi connectivity index (χ1n) is 9.86. The molecule has 0 radical (unpaired) electrons. The number of anilines is 1. The van der Waals surface area contributed by atoms with E-state index in [0.29, 0.717) is 33.4 Å². The summed E-state index contributed by atoms with van der Waals surface area (Å²) in [6.07, 6.45) is 4.04. The van der Waals surface area contributed by atoms with Crippen molar-refractivity contribution in [3.05, 3.63) is 57.1 Å². The number of hydrogen-bond donors (Lipinski definition) is 1. The van der Waals surface area contributed by atoms with Gasteiger partial charge < -0.3 is 9.73 Å². The quantitative estimate of drug-likeness (QED) is 0.495. The van der Waals surface area contributed by atoms with Crippen LogP contribution in [0, 0.1) is 19.8 Å². The van der Waals surface area contributed by atoms with E-state index in [1.807, 2.05) is 0 Å². The molecule has 1 atom stereocenters. The molecule has 8 heteroatoms. The first-order chi connectivity index (χ1) is 14.3. The number of Topliss-reactive ketones (excluding diaryl/α,β-unsaturated/α-hetero) is 1. The summed E-state index contributed by atoms with van der Waals surface area (Å²) in [5, 5.41) is 7.34. The number of thiophene rings is 1. The molecule has 3 heterocycles. The Kier molecular flexibility index (Phi) is 5.19. The highest BCUT2D eigenvalue weighted by molar-refractivity contribution is 7.17. The molecule has 7 nitrogen and oxygen atoms in total. The van der Waals surface area contributed by atoms with Gasteiger partial charge in [-0.3, -0.25) is 19.1 Å². The smallest absolute Gasteiger partial charge is 0.297 e. The Morgan fingerprint density at radius 3 is 2.67 bits per heavy atom. The number of aryl methyl sites for hydroxylation is 2. The second-order valence-electron chi connectivity index (χ2n) is 7.81. The van der Waals surface area contributed by atoms with Gasteiger partial charge >= 0.3 is 0 Å². The Morgan fingerprint density at radius 1 is 1.27 bits per heavy atom. The highest BCUT2D eigenvalue weighted by Crippen LogP contribution is 2.40. The van der Waals surface area contributed by atoms with Crippen molar-refractivity contribution in [1.82, 2.24) is 9.78 Å². The van der Waals surface area contributed by atoms with Crippen molar-refractivity contribution < 1.29 is 18.8 Å². The Balaban J connectivity index is 1.71. The largest absolute Gasteiger partial charge is 0.461 e. The molecule has 1 amide bonds. The zero-order valence-corrected chi connectivity index (χ0v) is 18.2. The maximum Gasteiger partial charge on any atom is 0.297 e. The van der Waals surface area contributed by atoms with Gasteiger partial charge in [-0.25, -0.2) is 0 Å². The predicted octanol–water partition coefficient (Wildman–Crippen LogP) is 3.87. The van der Waals surface area contributed by atoms with E-state index in [9.17, 15) is 14.4 Å². The summed E-state index contributed by atoms with van der Waals surface area (Å²) in [5.74, 6) is -0.976. The standard InChI is InChI=1S/C22H23N3O4S/c1-11-7-8-14-16(10-11)30-22(18(14)19(26)15-6-5-9-29-15)23-21(28)20(27)17-12(2)24-25(4)13(17)3/h5-6,9,11H,7-8,10H2,1-4H3,(H,23,28)/t11-/m0/s1. The lowest BCUT2D eigenvalue weighted by molar-refractivity contribution is -0.112. The molecule has 30 heavy (non-hydrogen) atoms. The number of aromatic nitrogens is 2. The fourth-order valence-electron chi connectivity index (χ4n) is 3.99. The number of amides is 1. The Labute approximate surface area is 178 Å². The molecule has 156 valence electrons. The summed E-state index contributed by atoms with van der Waals surface area (Å²) in [5.41, 5.74) is 2.82. The van der Waals surface area contributed by atoms with Gasteiger partial charge in [0.15, 0.2) is 5.76 Å².